The molecular formula is C34H61N5O4. The maximum Gasteiger partial charge on any atom is 0.332 e. The molecule has 0 N–H and O–H groups in total. The van der Waals surface area contributed by atoms with Crippen molar-refractivity contribution in [2.24, 2.45) is 14.1 Å². The largest absolute Gasteiger partial charge is 0.461 e. The van der Waals surface area contributed by atoms with Crippen LogP contribution in [0.1, 0.15) is 136 Å². The summed E-state index contributed by atoms with van der Waals surface area (Å²) in [7, 11) is 3.44. The van der Waals surface area contributed by atoms with Crippen molar-refractivity contribution < 1.29 is 9.53 Å². The lowest BCUT2D eigenvalue weighted by atomic mass is 10.1. The molecule has 0 radical (unpaired) electrons. The SMILES string of the molecule is CCCCCCCCCCCCN(CC)CC(CCCCCCCCCn1c(=O)c2c(ncn2C)n(C)c1=O)OC(C)=O. The van der Waals surface area contributed by atoms with Crippen LogP contribution >= 0.6 is 0 Å². The zero-order chi connectivity index (χ0) is 31.5. The topological polar surface area (TPSA) is 91.4 Å². The summed E-state index contributed by atoms with van der Waals surface area (Å²) < 4.78 is 10.2. The number of aromatic nitrogens is 4. The first-order valence-electron chi connectivity index (χ1n) is 17.3. The van der Waals surface area contributed by atoms with Crippen LogP contribution in [0.4, 0.5) is 0 Å². The number of unbranched alkanes of at least 4 members (excludes halogenated alkanes) is 15. The molecule has 0 fully saturated rings. The van der Waals surface area contributed by atoms with Crippen LogP contribution in [0.15, 0.2) is 15.9 Å². The molecule has 0 amide bonds. The summed E-state index contributed by atoms with van der Waals surface area (Å²) in [6, 6.07) is 0. The van der Waals surface area contributed by atoms with Gasteiger partial charge in [0, 0.05) is 34.1 Å². The Morgan fingerprint density at radius 2 is 1.40 bits per heavy atom. The van der Waals surface area contributed by atoms with E-state index >= 15 is 0 Å². The molecule has 0 aliphatic heterocycles. The van der Waals surface area contributed by atoms with E-state index in [2.05, 4.69) is 23.7 Å². The smallest absolute Gasteiger partial charge is 0.332 e. The molecule has 2 heterocycles. The zero-order valence-electron chi connectivity index (χ0n) is 28.1. The second-order valence-corrected chi connectivity index (χ2v) is 12.4. The predicted molar refractivity (Wildman–Crippen MR) is 177 cm³/mol. The van der Waals surface area contributed by atoms with Crippen molar-refractivity contribution >= 4 is 17.1 Å². The molecule has 0 saturated carbocycles. The molecule has 43 heavy (non-hydrogen) atoms. The average Bonchev–Trinajstić information content (AvgIpc) is 3.38. The minimum Gasteiger partial charge on any atom is -0.461 e. The van der Waals surface area contributed by atoms with Gasteiger partial charge >= 0.3 is 11.7 Å². The molecule has 1 unspecified atom stereocenters. The summed E-state index contributed by atoms with van der Waals surface area (Å²) in [6.45, 7) is 9.32. The van der Waals surface area contributed by atoms with Crippen LogP contribution in [-0.4, -0.2) is 55.3 Å². The van der Waals surface area contributed by atoms with Gasteiger partial charge in [0.05, 0.1) is 6.33 Å². The standard InChI is InChI=1S/C34H61N5O4/c1-6-8-9-10-11-12-13-16-19-22-25-38(7-2)27-30(43-29(3)40)24-21-18-15-14-17-20-23-26-39-33(41)31-32(35-28-36(31)4)37(5)34(39)42/h28,30H,6-27H2,1-5H3. The number of likely N-dealkylation sites (N-methyl/N-ethyl adjacent to an activating group) is 1. The number of carbonyl (C=O) groups excluding carboxylic acids is 1. The van der Waals surface area contributed by atoms with Crippen LogP contribution in [0.3, 0.4) is 0 Å². The van der Waals surface area contributed by atoms with E-state index in [4.69, 9.17) is 4.74 Å². The molecule has 0 bridgehead atoms. The van der Waals surface area contributed by atoms with Crippen molar-refractivity contribution in [3.8, 4) is 0 Å². The molecule has 9 heteroatoms. The van der Waals surface area contributed by atoms with Gasteiger partial charge in [-0.3, -0.25) is 23.6 Å². The van der Waals surface area contributed by atoms with Crippen molar-refractivity contribution in [1.29, 1.82) is 0 Å². The Hall–Kier alpha value is -2.42. The summed E-state index contributed by atoms with van der Waals surface area (Å²) in [6.07, 6.45) is 23.2. The normalized spacial score (nSPS) is 12.4. The van der Waals surface area contributed by atoms with E-state index in [1.165, 1.54) is 80.3 Å². The fraction of sp³-hybridized carbons (Fsp3) is 0.824. The lowest BCUT2D eigenvalue weighted by Gasteiger charge is -2.26. The number of aryl methyl sites for hydroxylation is 2. The number of carbonyl (C=O) groups is 1. The first kappa shape index (κ1) is 36.8. The van der Waals surface area contributed by atoms with Gasteiger partial charge in [-0.25, -0.2) is 9.78 Å². The summed E-state index contributed by atoms with van der Waals surface area (Å²) in [4.78, 5) is 43.8. The van der Waals surface area contributed by atoms with Gasteiger partial charge in [-0.05, 0) is 38.8 Å². The predicted octanol–water partition coefficient (Wildman–Crippen LogP) is 6.73. The van der Waals surface area contributed by atoms with E-state index in [9.17, 15) is 14.4 Å². The van der Waals surface area contributed by atoms with Gasteiger partial charge in [-0.1, -0.05) is 104 Å². The molecule has 2 rings (SSSR count). The van der Waals surface area contributed by atoms with Gasteiger partial charge in [0.25, 0.3) is 5.56 Å². The van der Waals surface area contributed by atoms with Crippen molar-refractivity contribution in [3.63, 3.8) is 0 Å². The molecule has 9 nitrogen and oxygen atoms in total. The Kier molecular flexibility index (Phi) is 18.2. The van der Waals surface area contributed by atoms with Crippen LogP contribution in [0.25, 0.3) is 11.2 Å². The highest BCUT2D eigenvalue weighted by atomic mass is 16.5. The highest BCUT2D eigenvalue weighted by Crippen LogP contribution is 2.15. The third kappa shape index (κ3) is 13.4. The van der Waals surface area contributed by atoms with Gasteiger partial charge in [0.1, 0.15) is 6.10 Å². The molecule has 0 aromatic carbocycles. The quantitative estimate of drug-likeness (QED) is 0.0923. The van der Waals surface area contributed by atoms with E-state index in [-0.39, 0.29) is 23.3 Å². The summed E-state index contributed by atoms with van der Waals surface area (Å²) >= 11 is 0. The number of imidazole rings is 1. The number of hydrogen-bond donors (Lipinski definition) is 0. The molecule has 0 spiro atoms. The van der Waals surface area contributed by atoms with Crippen molar-refractivity contribution in [2.75, 3.05) is 19.6 Å². The van der Waals surface area contributed by atoms with E-state index < -0.39 is 0 Å². The molecule has 246 valence electrons. The number of esters is 1. The Morgan fingerprint density at radius 1 is 0.837 bits per heavy atom. The van der Waals surface area contributed by atoms with Crippen molar-refractivity contribution in [3.05, 3.63) is 27.2 Å². The lowest BCUT2D eigenvalue weighted by Crippen LogP contribution is -2.39. The highest BCUT2D eigenvalue weighted by molar-refractivity contribution is 5.69. The molecule has 2 aromatic heterocycles. The minimum atomic E-state index is -0.302. The minimum absolute atomic E-state index is 0.0294. The lowest BCUT2D eigenvalue weighted by molar-refractivity contribution is -0.147. The zero-order valence-corrected chi connectivity index (χ0v) is 28.1. The number of rotatable bonds is 25. The molecule has 0 saturated heterocycles. The van der Waals surface area contributed by atoms with Gasteiger partial charge in [0.2, 0.25) is 0 Å². The van der Waals surface area contributed by atoms with E-state index in [0.29, 0.717) is 17.7 Å². The van der Waals surface area contributed by atoms with Crippen LogP contribution in [0, 0.1) is 0 Å². The van der Waals surface area contributed by atoms with Gasteiger partial charge in [-0.2, -0.15) is 0 Å². The Balaban J connectivity index is 1.59. The fourth-order valence-electron chi connectivity index (χ4n) is 6.03. The molecular weight excluding hydrogens is 542 g/mol. The van der Waals surface area contributed by atoms with E-state index in [0.717, 1.165) is 71.0 Å². The first-order valence-corrected chi connectivity index (χ1v) is 17.3. The van der Waals surface area contributed by atoms with Gasteiger partial charge in [0.15, 0.2) is 11.2 Å². The second kappa shape index (κ2) is 21.3. The monoisotopic (exact) mass is 603 g/mol. The van der Waals surface area contributed by atoms with Gasteiger partial charge in [-0.15, -0.1) is 0 Å². The third-order valence-corrected chi connectivity index (χ3v) is 8.68. The number of nitrogens with zero attached hydrogens (tertiary/aromatic N) is 5. The highest BCUT2D eigenvalue weighted by Gasteiger charge is 2.16. The van der Waals surface area contributed by atoms with Crippen molar-refractivity contribution in [1.82, 2.24) is 23.6 Å². The Morgan fingerprint density at radius 3 is 1.98 bits per heavy atom. The third-order valence-electron chi connectivity index (χ3n) is 8.68. The molecule has 0 aliphatic carbocycles. The maximum atomic E-state index is 12.8. The maximum absolute atomic E-state index is 12.8. The summed E-state index contributed by atoms with van der Waals surface area (Å²) in [5.41, 5.74) is 0.338. The second-order valence-electron chi connectivity index (χ2n) is 12.4. The summed E-state index contributed by atoms with van der Waals surface area (Å²) in [5.74, 6) is -0.184. The van der Waals surface area contributed by atoms with E-state index in [1.54, 1.807) is 25.0 Å². The Bertz CT molecular complexity index is 1170. The average molecular weight is 604 g/mol. The summed E-state index contributed by atoms with van der Waals surface area (Å²) in [5, 5.41) is 0. The van der Waals surface area contributed by atoms with Crippen LogP contribution in [-0.2, 0) is 30.2 Å². The van der Waals surface area contributed by atoms with Gasteiger partial charge < -0.3 is 9.30 Å². The number of fused-ring (bicyclic) bond motifs is 1. The van der Waals surface area contributed by atoms with Crippen LogP contribution < -0.4 is 11.2 Å². The first-order chi connectivity index (χ1) is 20.8. The molecule has 0 aliphatic rings. The number of hydrogen-bond acceptors (Lipinski definition) is 6. The van der Waals surface area contributed by atoms with Crippen LogP contribution in [0.5, 0.6) is 0 Å². The van der Waals surface area contributed by atoms with Crippen LogP contribution in [0.2, 0.25) is 0 Å². The van der Waals surface area contributed by atoms with E-state index in [1.807, 2.05) is 0 Å². The fourth-order valence-corrected chi connectivity index (χ4v) is 6.03. The Labute approximate surface area is 260 Å². The molecule has 1 atom stereocenters. The van der Waals surface area contributed by atoms with Crippen molar-refractivity contribution in [2.45, 2.75) is 149 Å². The molecule has 2 aromatic rings. The number of ether oxygens (including phenoxy) is 1.